The number of pyridine rings is 1. The van der Waals surface area contributed by atoms with E-state index in [9.17, 15) is 0 Å². The summed E-state index contributed by atoms with van der Waals surface area (Å²) in [5.41, 5.74) is 2.24. The van der Waals surface area contributed by atoms with Crippen molar-refractivity contribution < 1.29 is 4.74 Å². The molecular formula is C15H22N2O. The second kappa shape index (κ2) is 6.55. The van der Waals surface area contributed by atoms with E-state index in [1.54, 1.807) is 0 Å². The van der Waals surface area contributed by atoms with Crippen molar-refractivity contribution in [2.24, 2.45) is 5.92 Å². The highest BCUT2D eigenvalue weighted by Crippen LogP contribution is 2.19. The van der Waals surface area contributed by atoms with Crippen molar-refractivity contribution in [3.63, 3.8) is 0 Å². The molecule has 1 aliphatic heterocycles. The molecule has 2 rings (SSSR count). The van der Waals surface area contributed by atoms with Crippen molar-refractivity contribution >= 4 is 0 Å². The monoisotopic (exact) mass is 246 g/mol. The number of aromatic nitrogens is 1. The zero-order valence-corrected chi connectivity index (χ0v) is 11.1. The summed E-state index contributed by atoms with van der Waals surface area (Å²) in [7, 11) is 0. The van der Waals surface area contributed by atoms with Gasteiger partial charge in [0, 0.05) is 43.3 Å². The minimum absolute atomic E-state index is 0.370. The molecule has 18 heavy (non-hydrogen) atoms. The number of allylic oxidation sites excluding steroid dienone is 1. The molecule has 0 radical (unpaired) electrons. The SMILES string of the molecule is C=C(CC1CCOC1)N[C@H](C)Cc1ccccn1. The maximum absolute atomic E-state index is 5.38. The summed E-state index contributed by atoms with van der Waals surface area (Å²) in [6.45, 7) is 8.07. The molecular weight excluding hydrogens is 224 g/mol. The summed E-state index contributed by atoms with van der Waals surface area (Å²) in [5, 5.41) is 3.47. The molecule has 2 atom stereocenters. The van der Waals surface area contributed by atoms with E-state index in [-0.39, 0.29) is 0 Å². The van der Waals surface area contributed by atoms with Crippen LogP contribution in [0.25, 0.3) is 0 Å². The highest BCUT2D eigenvalue weighted by Gasteiger charge is 2.17. The Balaban J connectivity index is 1.73. The van der Waals surface area contributed by atoms with Gasteiger partial charge >= 0.3 is 0 Å². The Hall–Kier alpha value is -1.35. The Morgan fingerprint density at radius 1 is 1.61 bits per heavy atom. The molecule has 1 fully saturated rings. The van der Waals surface area contributed by atoms with E-state index < -0.39 is 0 Å². The Labute approximate surface area is 109 Å². The molecule has 0 bridgehead atoms. The molecule has 1 aromatic heterocycles. The molecule has 2 heterocycles. The summed E-state index contributed by atoms with van der Waals surface area (Å²) in [4.78, 5) is 4.34. The number of hydrogen-bond acceptors (Lipinski definition) is 3. The standard InChI is InChI=1S/C15H22N2O/c1-12(9-14-6-8-18-11-14)17-13(2)10-15-5-3-4-7-16-15/h3-5,7,13-14,17H,1,6,8-11H2,2H3/t13-,14?/m1/s1. The quantitative estimate of drug-likeness (QED) is 0.837. The van der Waals surface area contributed by atoms with Gasteiger partial charge in [-0.3, -0.25) is 4.98 Å². The van der Waals surface area contributed by atoms with Crippen LogP contribution in [0.5, 0.6) is 0 Å². The van der Waals surface area contributed by atoms with Crippen LogP contribution in [0.4, 0.5) is 0 Å². The summed E-state index contributed by atoms with van der Waals surface area (Å²) >= 11 is 0. The molecule has 0 saturated carbocycles. The van der Waals surface area contributed by atoms with Crippen LogP contribution in [0.1, 0.15) is 25.5 Å². The predicted octanol–water partition coefficient (Wildman–Crippen LogP) is 2.54. The minimum atomic E-state index is 0.370. The third kappa shape index (κ3) is 4.15. The van der Waals surface area contributed by atoms with E-state index in [2.05, 4.69) is 29.9 Å². The zero-order chi connectivity index (χ0) is 12.8. The van der Waals surface area contributed by atoms with Gasteiger partial charge in [0.15, 0.2) is 0 Å². The molecule has 1 saturated heterocycles. The van der Waals surface area contributed by atoms with E-state index in [1.807, 2.05) is 18.3 Å². The van der Waals surface area contributed by atoms with Crippen molar-refractivity contribution in [1.29, 1.82) is 0 Å². The van der Waals surface area contributed by atoms with Crippen molar-refractivity contribution in [2.75, 3.05) is 13.2 Å². The smallest absolute Gasteiger partial charge is 0.0498 e. The number of rotatable bonds is 6. The molecule has 0 spiro atoms. The van der Waals surface area contributed by atoms with Gasteiger partial charge in [0.2, 0.25) is 0 Å². The van der Waals surface area contributed by atoms with Crippen LogP contribution in [-0.4, -0.2) is 24.2 Å². The van der Waals surface area contributed by atoms with Gasteiger partial charge in [-0.15, -0.1) is 0 Å². The first-order valence-electron chi connectivity index (χ1n) is 6.66. The van der Waals surface area contributed by atoms with Crippen molar-refractivity contribution in [2.45, 2.75) is 32.2 Å². The van der Waals surface area contributed by atoms with Gasteiger partial charge in [0.25, 0.3) is 0 Å². The molecule has 98 valence electrons. The van der Waals surface area contributed by atoms with Crippen LogP contribution in [0.2, 0.25) is 0 Å². The van der Waals surface area contributed by atoms with E-state index in [1.165, 1.54) is 0 Å². The number of nitrogens with one attached hydrogen (secondary N) is 1. The highest BCUT2D eigenvalue weighted by molar-refractivity contribution is 5.06. The van der Waals surface area contributed by atoms with Crippen LogP contribution in [0.3, 0.4) is 0 Å². The molecule has 1 unspecified atom stereocenters. The lowest BCUT2D eigenvalue weighted by molar-refractivity contribution is 0.185. The van der Waals surface area contributed by atoms with Gasteiger partial charge in [-0.05, 0) is 37.8 Å². The lowest BCUT2D eigenvalue weighted by Crippen LogP contribution is -2.28. The fourth-order valence-electron chi connectivity index (χ4n) is 2.38. The van der Waals surface area contributed by atoms with Gasteiger partial charge in [0.1, 0.15) is 0 Å². The lowest BCUT2D eigenvalue weighted by atomic mass is 10.0. The average Bonchev–Trinajstić information content (AvgIpc) is 2.82. The molecule has 0 aliphatic carbocycles. The van der Waals surface area contributed by atoms with Crippen molar-refractivity contribution in [3.05, 3.63) is 42.4 Å². The van der Waals surface area contributed by atoms with Gasteiger partial charge in [-0.1, -0.05) is 12.6 Å². The molecule has 1 aliphatic rings. The Morgan fingerprint density at radius 2 is 2.50 bits per heavy atom. The number of hydrogen-bond donors (Lipinski definition) is 1. The van der Waals surface area contributed by atoms with E-state index >= 15 is 0 Å². The second-order valence-electron chi connectivity index (χ2n) is 5.11. The van der Waals surface area contributed by atoms with Crippen LogP contribution in [-0.2, 0) is 11.2 Å². The molecule has 0 amide bonds. The second-order valence-corrected chi connectivity index (χ2v) is 5.11. The van der Waals surface area contributed by atoms with Crippen LogP contribution >= 0.6 is 0 Å². The first-order valence-corrected chi connectivity index (χ1v) is 6.66. The Kier molecular flexibility index (Phi) is 4.76. The van der Waals surface area contributed by atoms with Crippen LogP contribution < -0.4 is 5.32 Å². The fraction of sp³-hybridized carbons (Fsp3) is 0.533. The topological polar surface area (TPSA) is 34.1 Å². The summed E-state index contributed by atoms with van der Waals surface area (Å²) in [6, 6.07) is 6.40. The predicted molar refractivity (Wildman–Crippen MR) is 73.2 cm³/mol. The third-order valence-electron chi connectivity index (χ3n) is 3.25. The molecule has 1 aromatic rings. The largest absolute Gasteiger partial charge is 0.386 e. The Morgan fingerprint density at radius 3 is 3.17 bits per heavy atom. The average molecular weight is 246 g/mol. The van der Waals surface area contributed by atoms with Crippen molar-refractivity contribution in [3.8, 4) is 0 Å². The van der Waals surface area contributed by atoms with E-state index in [0.717, 1.165) is 43.9 Å². The van der Waals surface area contributed by atoms with Crippen LogP contribution in [0.15, 0.2) is 36.7 Å². The van der Waals surface area contributed by atoms with E-state index in [0.29, 0.717) is 12.0 Å². The minimum Gasteiger partial charge on any atom is -0.386 e. The summed E-state index contributed by atoms with van der Waals surface area (Å²) in [6.07, 6.45) is 4.95. The molecule has 0 aromatic carbocycles. The Bertz CT molecular complexity index is 371. The van der Waals surface area contributed by atoms with Gasteiger partial charge < -0.3 is 10.1 Å². The van der Waals surface area contributed by atoms with Crippen LogP contribution in [0, 0.1) is 5.92 Å². The van der Waals surface area contributed by atoms with Gasteiger partial charge in [-0.25, -0.2) is 0 Å². The normalized spacial score (nSPS) is 20.6. The van der Waals surface area contributed by atoms with Crippen molar-refractivity contribution in [1.82, 2.24) is 10.3 Å². The highest BCUT2D eigenvalue weighted by atomic mass is 16.5. The molecule has 3 nitrogen and oxygen atoms in total. The first-order chi connectivity index (χ1) is 8.74. The lowest BCUT2D eigenvalue weighted by Gasteiger charge is -2.18. The maximum Gasteiger partial charge on any atom is 0.0498 e. The van der Waals surface area contributed by atoms with Gasteiger partial charge in [-0.2, -0.15) is 0 Å². The summed E-state index contributed by atoms with van der Waals surface area (Å²) < 4.78 is 5.38. The molecule has 3 heteroatoms. The first kappa shape index (κ1) is 13.1. The number of nitrogens with zero attached hydrogens (tertiary/aromatic N) is 1. The maximum atomic E-state index is 5.38. The molecule has 1 N–H and O–H groups in total. The zero-order valence-electron chi connectivity index (χ0n) is 11.1. The number of ether oxygens (including phenoxy) is 1. The van der Waals surface area contributed by atoms with E-state index in [4.69, 9.17) is 4.74 Å². The van der Waals surface area contributed by atoms with Gasteiger partial charge in [0.05, 0.1) is 0 Å². The summed E-state index contributed by atoms with van der Waals surface area (Å²) in [5.74, 6) is 0.645. The fourth-order valence-corrected chi connectivity index (χ4v) is 2.38. The third-order valence-corrected chi connectivity index (χ3v) is 3.25.